The van der Waals surface area contributed by atoms with E-state index in [9.17, 15) is 18.3 Å². The largest absolute Gasteiger partial charge is 0.478 e. The van der Waals surface area contributed by atoms with Crippen LogP contribution in [0.5, 0.6) is 0 Å². The van der Waals surface area contributed by atoms with Crippen molar-refractivity contribution < 1.29 is 23.4 Å². The Bertz CT molecular complexity index is 567. The summed E-state index contributed by atoms with van der Waals surface area (Å²) in [4.78, 5) is 10.8. The fraction of sp³-hybridized carbons (Fsp3) is 0.417. The zero-order valence-corrected chi connectivity index (χ0v) is 11.6. The Morgan fingerprint density at radius 3 is 2.53 bits per heavy atom. The van der Waals surface area contributed by atoms with Crippen molar-refractivity contribution in [2.24, 2.45) is 0 Å². The molecule has 0 aliphatic heterocycles. The predicted octanol–water partition coefficient (Wildman–Crippen LogP) is 0.742. The fourth-order valence-electron chi connectivity index (χ4n) is 1.48. The van der Waals surface area contributed by atoms with Gasteiger partial charge in [-0.05, 0) is 37.1 Å². The molecule has 0 spiro atoms. The smallest absolute Gasteiger partial charge is 0.335 e. The second-order valence-corrected chi connectivity index (χ2v) is 5.96. The molecule has 1 aromatic carbocycles. The summed E-state index contributed by atoms with van der Waals surface area (Å²) < 4.78 is 26.1. The quantitative estimate of drug-likeness (QED) is 0.716. The van der Waals surface area contributed by atoms with E-state index in [1.807, 2.05) is 0 Å². The maximum atomic E-state index is 11.9. The number of aromatic carboxylic acids is 1. The molecule has 1 rings (SSSR count). The SMILES string of the molecule is CCC(O)CNS(=O)(=O)c1ccc(C(=O)O)c(C)c1. The topological polar surface area (TPSA) is 104 Å². The number of carboxylic acids is 1. The molecule has 0 aromatic heterocycles. The summed E-state index contributed by atoms with van der Waals surface area (Å²) in [6.45, 7) is 3.20. The van der Waals surface area contributed by atoms with Crippen LogP contribution in [0.3, 0.4) is 0 Å². The average molecular weight is 287 g/mol. The van der Waals surface area contributed by atoms with E-state index in [1.54, 1.807) is 6.92 Å². The third kappa shape index (κ3) is 4.02. The van der Waals surface area contributed by atoms with Gasteiger partial charge in [-0.2, -0.15) is 0 Å². The highest BCUT2D eigenvalue weighted by molar-refractivity contribution is 7.89. The number of rotatable bonds is 6. The molecule has 1 aromatic rings. The second-order valence-electron chi connectivity index (χ2n) is 4.20. The van der Waals surface area contributed by atoms with E-state index >= 15 is 0 Å². The number of hydrogen-bond donors (Lipinski definition) is 3. The first-order valence-electron chi connectivity index (χ1n) is 5.79. The second kappa shape index (κ2) is 6.14. The molecule has 0 heterocycles. The Balaban J connectivity index is 2.96. The van der Waals surface area contributed by atoms with Gasteiger partial charge >= 0.3 is 5.97 Å². The lowest BCUT2D eigenvalue weighted by Gasteiger charge is -2.11. The zero-order valence-electron chi connectivity index (χ0n) is 10.8. The first-order valence-corrected chi connectivity index (χ1v) is 7.28. The van der Waals surface area contributed by atoms with Gasteiger partial charge in [0.1, 0.15) is 0 Å². The highest BCUT2D eigenvalue weighted by Gasteiger charge is 2.17. The van der Waals surface area contributed by atoms with E-state index in [1.165, 1.54) is 25.1 Å². The Kier molecular flexibility index (Phi) is 5.04. The van der Waals surface area contributed by atoms with Gasteiger partial charge in [-0.25, -0.2) is 17.9 Å². The Morgan fingerprint density at radius 2 is 2.05 bits per heavy atom. The summed E-state index contributed by atoms with van der Waals surface area (Å²) in [5.41, 5.74) is 0.430. The minimum Gasteiger partial charge on any atom is -0.478 e. The van der Waals surface area contributed by atoms with E-state index in [4.69, 9.17) is 5.11 Å². The van der Waals surface area contributed by atoms with Gasteiger partial charge in [-0.3, -0.25) is 0 Å². The molecular formula is C12H17NO5S. The Hall–Kier alpha value is -1.44. The van der Waals surface area contributed by atoms with Gasteiger partial charge in [-0.1, -0.05) is 6.92 Å². The van der Waals surface area contributed by atoms with Crippen molar-refractivity contribution >= 4 is 16.0 Å². The number of carbonyl (C=O) groups is 1. The number of aryl methyl sites for hydroxylation is 1. The van der Waals surface area contributed by atoms with E-state index < -0.39 is 22.1 Å². The molecule has 3 N–H and O–H groups in total. The van der Waals surface area contributed by atoms with E-state index in [2.05, 4.69) is 4.72 Å². The van der Waals surface area contributed by atoms with Crippen LogP contribution in [0.4, 0.5) is 0 Å². The van der Waals surface area contributed by atoms with Gasteiger partial charge in [0.2, 0.25) is 10.0 Å². The predicted molar refractivity (Wildman–Crippen MR) is 69.6 cm³/mol. The third-order valence-corrected chi connectivity index (χ3v) is 4.14. The molecule has 0 aliphatic carbocycles. The van der Waals surface area contributed by atoms with E-state index in [0.29, 0.717) is 12.0 Å². The van der Waals surface area contributed by atoms with Gasteiger partial charge in [-0.15, -0.1) is 0 Å². The van der Waals surface area contributed by atoms with Crippen LogP contribution in [-0.2, 0) is 10.0 Å². The first-order chi connectivity index (χ1) is 8.77. The van der Waals surface area contributed by atoms with Crippen LogP contribution in [0.2, 0.25) is 0 Å². The molecule has 0 saturated heterocycles. The summed E-state index contributed by atoms with van der Waals surface area (Å²) in [5.74, 6) is -1.10. The highest BCUT2D eigenvalue weighted by atomic mass is 32.2. The molecule has 7 heteroatoms. The molecule has 0 fully saturated rings. The molecule has 0 amide bonds. The summed E-state index contributed by atoms with van der Waals surface area (Å²) >= 11 is 0. The number of carboxylic acid groups (broad SMARTS) is 1. The van der Waals surface area contributed by atoms with Crippen molar-refractivity contribution in [3.63, 3.8) is 0 Å². The Morgan fingerprint density at radius 1 is 1.42 bits per heavy atom. The van der Waals surface area contributed by atoms with Crippen LogP contribution in [0, 0.1) is 6.92 Å². The summed E-state index contributed by atoms with van der Waals surface area (Å²) in [5, 5.41) is 18.2. The number of sulfonamides is 1. The van der Waals surface area contributed by atoms with Crippen molar-refractivity contribution in [2.45, 2.75) is 31.3 Å². The maximum Gasteiger partial charge on any atom is 0.335 e. The lowest BCUT2D eigenvalue weighted by Crippen LogP contribution is -2.31. The molecule has 1 atom stereocenters. The molecule has 0 radical (unpaired) electrons. The third-order valence-electron chi connectivity index (χ3n) is 2.72. The van der Waals surface area contributed by atoms with Crippen molar-refractivity contribution in [1.82, 2.24) is 4.72 Å². The van der Waals surface area contributed by atoms with Gasteiger partial charge in [0.15, 0.2) is 0 Å². The number of nitrogens with one attached hydrogen (secondary N) is 1. The van der Waals surface area contributed by atoms with E-state index in [0.717, 1.165) is 0 Å². The molecular weight excluding hydrogens is 270 g/mol. The minimum absolute atomic E-state index is 0.0155. The summed E-state index contributed by atoms with van der Waals surface area (Å²) in [6, 6.07) is 3.78. The fourth-order valence-corrected chi connectivity index (χ4v) is 2.63. The van der Waals surface area contributed by atoms with E-state index in [-0.39, 0.29) is 17.0 Å². The van der Waals surface area contributed by atoms with Crippen LogP contribution in [0.15, 0.2) is 23.1 Å². The molecule has 0 saturated carbocycles. The van der Waals surface area contributed by atoms with Gasteiger partial charge in [0.05, 0.1) is 16.6 Å². The van der Waals surface area contributed by atoms with Crippen molar-refractivity contribution in [1.29, 1.82) is 0 Å². The zero-order chi connectivity index (χ0) is 14.6. The lowest BCUT2D eigenvalue weighted by molar-refractivity contribution is 0.0696. The molecule has 19 heavy (non-hydrogen) atoms. The molecule has 0 aliphatic rings. The van der Waals surface area contributed by atoms with Crippen molar-refractivity contribution in [2.75, 3.05) is 6.54 Å². The number of hydrogen-bond acceptors (Lipinski definition) is 4. The van der Waals surface area contributed by atoms with Crippen LogP contribution in [-0.4, -0.2) is 37.2 Å². The lowest BCUT2D eigenvalue weighted by atomic mass is 10.1. The summed E-state index contributed by atoms with van der Waals surface area (Å²) in [7, 11) is -3.73. The number of benzene rings is 1. The normalized spacial score (nSPS) is 13.2. The summed E-state index contributed by atoms with van der Waals surface area (Å²) in [6.07, 6.45) is -0.298. The Labute approximate surface area is 112 Å². The highest BCUT2D eigenvalue weighted by Crippen LogP contribution is 2.15. The minimum atomic E-state index is -3.73. The molecule has 0 bridgehead atoms. The van der Waals surface area contributed by atoms with Crippen molar-refractivity contribution in [3.8, 4) is 0 Å². The van der Waals surface area contributed by atoms with Crippen molar-refractivity contribution in [3.05, 3.63) is 29.3 Å². The molecule has 6 nitrogen and oxygen atoms in total. The van der Waals surface area contributed by atoms with Gasteiger partial charge in [0, 0.05) is 6.54 Å². The average Bonchev–Trinajstić information content (AvgIpc) is 2.35. The number of aliphatic hydroxyl groups excluding tert-OH is 1. The van der Waals surface area contributed by atoms with Crippen LogP contribution >= 0.6 is 0 Å². The van der Waals surface area contributed by atoms with Crippen LogP contribution < -0.4 is 4.72 Å². The standard InChI is InChI=1S/C12H17NO5S/c1-3-9(14)7-13-19(17,18)10-4-5-11(12(15)16)8(2)6-10/h4-6,9,13-14H,3,7H2,1-2H3,(H,15,16). The number of aliphatic hydroxyl groups is 1. The van der Waals surface area contributed by atoms with Gasteiger partial charge < -0.3 is 10.2 Å². The molecule has 106 valence electrons. The monoisotopic (exact) mass is 287 g/mol. The van der Waals surface area contributed by atoms with Crippen LogP contribution in [0.25, 0.3) is 0 Å². The maximum absolute atomic E-state index is 11.9. The first kappa shape index (κ1) is 15.6. The van der Waals surface area contributed by atoms with Gasteiger partial charge in [0.25, 0.3) is 0 Å². The van der Waals surface area contributed by atoms with Crippen LogP contribution in [0.1, 0.15) is 29.3 Å². The molecule has 1 unspecified atom stereocenters.